The number of nitrogens with zero attached hydrogens (tertiary/aromatic N) is 1. The lowest BCUT2D eigenvalue weighted by molar-refractivity contribution is -0.0429. The van der Waals surface area contributed by atoms with Crippen LogP contribution in [0.2, 0.25) is 0 Å². The first-order valence-electron chi connectivity index (χ1n) is 8.86. The highest BCUT2D eigenvalue weighted by atomic mass is 16.5. The molecule has 1 aromatic heterocycles. The Balaban J connectivity index is 1.71. The van der Waals surface area contributed by atoms with Crippen LogP contribution in [0.1, 0.15) is 36.5 Å². The Labute approximate surface area is 154 Å². The van der Waals surface area contributed by atoms with Gasteiger partial charge in [-0.3, -0.25) is 4.98 Å². The number of aromatic nitrogens is 1. The Morgan fingerprint density at radius 1 is 1.15 bits per heavy atom. The van der Waals surface area contributed by atoms with Crippen molar-refractivity contribution in [1.29, 1.82) is 0 Å². The van der Waals surface area contributed by atoms with E-state index in [1.807, 2.05) is 18.2 Å². The van der Waals surface area contributed by atoms with E-state index in [2.05, 4.69) is 29.4 Å². The van der Waals surface area contributed by atoms with Gasteiger partial charge in [0.15, 0.2) is 6.29 Å². The summed E-state index contributed by atoms with van der Waals surface area (Å²) in [6, 6.07) is 12.1. The van der Waals surface area contributed by atoms with Crippen LogP contribution in [0.25, 0.3) is 0 Å². The van der Waals surface area contributed by atoms with Crippen LogP contribution >= 0.6 is 0 Å². The van der Waals surface area contributed by atoms with Gasteiger partial charge in [0.1, 0.15) is 18.5 Å². The molecule has 4 N–H and O–H groups in total. The maximum absolute atomic E-state index is 10.1. The molecule has 0 spiro atoms. The zero-order valence-electron chi connectivity index (χ0n) is 15.3. The second-order valence-corrected chi connectivity index (χ2v) is 6.52. The summed E-state index contributed by atoms with van der Waals surface area (Å²) in [6.45, 7) is 4.38. The summed E-state index contributed by atoms with van der Waals surface area (Å²) in [7, 11) is 0. The molecule has 0 radical (unpaired) electrons. The van der Waals surface area contributed by atoms with Gasteiger partial charge in [0.2, 0.25) is 0 Å². The van der Waals surface area contributed by atoms with Crippen LogP contribution in [-0.2, 0) is 6.42 Å². The van der Waals surface area contributed by atoms with Crippen LogP contribution in [0, 0.1) is 6.92 Å². The van der Waals surface area contributed by atoms with Gasteiger partial charge in [-0.1, -0.05) is 30.3 Å². The highest BCUT2D eigenvalue weighted by Gasteiger charge is 2.12. The van der Waals surface area contributed by atoms with E-state index in [1.165, 1.54) is 17.8 Å². The molecule has 2 atom stereocenters. The summed E-state index contributed by atoms with van der Waals surface area (Å²) in [5.74, 6) is 0.437. The Bertz CT molecular complexity index is 664. The summed E-state index contributed by atoms with van der Waals surface area (Å²) in [6.07, 6.45) is 1.10. The molecule has 0 amide bonds. The van der Waals surface area contributed by atoms with E-state index in [9.17, 15) is 15.3 Å². The molecule has 2 unspecified atom stereocenters. The first-order chi connectivity index (χ1) is 12.5. The Hall–Kier alpha value is -1.99. The molecule has 1 aromatic carbocycles. The van der Waals surface area contributed by atoms with Gasteiger partial charge in [0.05, 0.1) is 5.69 Å². The van der Waals surface area contributed by atoms with Gasteiger partial charge >= 0.3 is 0 Å². The van der Waals surface area contributed by atoms with Crippen molar-refractivity contribution in [3.05, 3.63) is 59.4 Å². The van der Waals surface area contributed by atoms with Crippen LogP contribution in [0.4, 0.5) is 0 Å². The largest absolute Gasteiger partial charge is 0.489 e. The molecule has 0 fully saturated rings. The average Bonchev–Trinajstić information content (AvgIpc) is 2.64. The molecule has 2 aromatic rings. The van der Waals surface area contributed by atoms with Gasteiger partial charge in [-0.15, -0.1) is 0 Å². The zero-order valence-corrected chi connectivity index (χ0v) is 15.3. The average molecular weight is 360 g/mol. The zero-order chi connectivity index (χ0) is 18.9. The number of nitrogens with one attached hydrogen (secondary N) is 1. The van der Waals surface area contributed by atoms with E-state index < -0.39 is 12.4 Å². The Morgan fingerprint density at radius 2 is 1.88 bits per heavy atom. The molecule has 0 aliphatic carbocycles. The van der Waals surface area contributed by atoms with Crippen molar-refractivity contribution < 1.29 is 20.1 Å². The highest BCUT2D eigenvalue weighted by molar-refractivity contribution is 5.31. The van der Waals surface area contributed by atoms with E-state index in [0.717, 1.165) is 12.8 Å². The summed E-state index contributed by atoms with van der Waals surface area (Å²) in [5, 5.41) is 31.8. The Morgan fingerprint density at radius 3 is 2.58 bits per heavy atom. The summed E-state index contributed by atoms with van der Waals surface area (Å²) in [5.41, 5.74) is 2.19. The number of hydrogen-bond donors (Lipinski definition) is 4. The van der Waals surface area contributed by atoms with Crippen molar-refractivity contribution in [2.24, 2.45) is 0 Å². The fourth-order valence-electron chi connectivity index (χ4n) is 2.53. The molecule has 1 heterocycles. The van der Waals surface area contributed by atoms with E-state index in [0.29, 0.717) is 18.0 Å². The molecule has 26 heavy (non-hydrogen) atoms. The molecule has 142 valence electrons. The molecule has 0 aliphatic rings. The van der Waals surface area contributed by atoms with Crippen LogP contribution in [0.5, 0.6) is 5.75 Å². The van der Waals surface area contributed by atoms with Gasteiger partial charge in [-0.2, -0.15) is 0 Å². The number of aliphatic hydroxyl groups excluding tert-OH is 2. The first kappa shape index (κ1) is 20.3. The molecule has 6 heteroatoms. The lowest BCUT2D eigenvalue weighted by atomic mass is 10.1. The minimum absolute atomic E-state index is 0.103. The van der Waals surface area contributed by atoms with Gasteiger partial charge < -0.3 is 25.4 Å². The number of benzene rings is 1. The first-order valence-corrected chi connectivity index (χ1v) is 8.86. The van der Waals surface area contributed by atoms with Crippen molar-refractivity contribution in [1.82, 2.24) is 10.3 Å². The third kappa shape index (κ3) is 6.72. The quantitative estimate of drug-likeness (QED) is 0.482. The van der Waals surface area contributed by atoms with Crippen LogP contribution in [0.3, 0.4) is 0 Å². The molecular formula is C20H28N2O4. The van der Waals surface area contributed by atoms with E-state index in [1.54, 1.807) is 6.92 Å². The third-order valence-electron chi connectivity index (χ3n) is 4.20. The number of hydrogen-bond acceptors (Lipinski definition) is 6. The smallest absolute Gasteiger partial charge is 0.180 e. The molecule has 0 bridgehead atoms. The minimum atomic E-state index is -1.59. The Kier molecular flexibility index (Phi) is 8.00. The minimum Gasteiger partial charge on any atom is -0.489 e. The van der Waals surface area contributed by atoms with Gasteiger partial charge in [-0.05, 0) is 38.3 Å². The SMILES string of the molecule is Cc1ncc(C(O)O)cc1OCC(O)CNC(C)CCc1ccccc1. The highest BCUT2D eigenvalue weighted by Crippen LogP contribution is 2.20. The molecular weight excluding hydrogens is 332 g/mol. The van der Waals surface area contributed by atoms with E-state index >= 15 is 0 Å². The van der Waals surface area contributed by atoms with Crippen LogP contribution in [-0.4, -0.2) is 45.6 Å². The lowest BCUT2D eigenvalue weighted by Gasteiger charge is -2.18. The summed E-state index contributed by atoms with van der Waals surface area (Å²) >= 11 is 0. The molecule has 0 saturated carbocycles. The van der Waals surface area contributed by atoms with Gasteiger partial charge in [0, 0.05) is 24.3 Å². The van der Waals surface area contributed by atoms with Crippen LogP contribution < -0.4 is 10.1 Å². The molecule has 6 nitrogen and oxygen atoms in total. The van der Waals surface area contributed by atoms with Crippen molar-refractivity contribution in [2.45, 2.75) is 45.1 Å². The summed E-state index contributed by atoms with van der Waals surface area (Å²) in [4.78, 5) is 4.06. The fourth-order valence-corrected chi connectivity index (χ4v) is 2.53. The maximum Gasteiger partial charge on any atom is 0.180 e. The summed E-state index contributed by atoms with van der Waals surface area (Å²) < 4.78 is 5.58. The van der Waals surface area contributed by atoms with Crippen LogP contribution in [0.15, 0.2) is 42.6 Å². The second-order valence-electron chi connectivity index (χ2n) is 6.52. The maximum atomic E-state index is 10.1. The van der Waals surface area contributed by atoms with E-state index in [4.69, 9.17) is 4.74 Å². The third-order valence-corrected chi connectivity index (χ3v) is 4.20. The van der Waals surface area contributed by atoms with Crippen molar-refractivity contribution in [3.63, 3.8) is 0 Å². The number of aliphatic hydroxyl groups is 3. The van der Waals surface area contributed by atoms with Crippen molar-refractivity contribution in [2.75, 3.05) is 13.2 Å². The number of ether oxygens (including phenoxy) is 1. The van der Waals surface area contributed by atoms with Gasteiger partial charge in [-0.25, -0.2) is 0 Å². The van der Waals surface area contributed by atoms with Gasteiger partial charge in [0.25, 0.3) is 0 Å². The predicted molar refractivity (Wildman–Crippen MR) is 99.9 cm³/mol. The number of pyridine rings is 1. The van der Waals surface area contributed by atoms with Crippen molar-refractivity contribution in [3.8, 4) is 5.75 Å². The molecule has 0 aliphatic heterocycles. The van der Waals surface area contributed by atoms with Crippen molar-refractivity contribution >= 4 is 0 Å². The normalized spacial score (nSPS) is 13.6. The van der Waals surface area contributed by atoms with E-state index in [-0.39, 0.29) is 18.2 Å². The molecule has 2 rings (SSSR count). The molecule has 0 saturated heterocycles. The lowest BCUT2D eigenvalue weighted by Crippen LogP contribution is -2.36. The number of rotatable bonds is 10. The second kappa shape index (κ2) is 10.2. The number of aryl methyl sites for hydroxylation is 2. The monoisotopic (exact) mass is 360 g/mol. The fraction of sp³-hybridized carbons (Fsp3) is 0.450. The standard InChI is InChI=1S/C20H28N2O4/c1-14(8-9-16-6-4-3-5-7-16)21-12-18(23)13-26-19-10-17(20(24)25)11-22-15(19)2/h3-7,10-11,14,18,20-21,23-25H,8-9,12-13H2,1-2H3. The topological polar surface area (TPSA) is 94.8 Å². The predicted octanol–water partition coefficient (Wildman–Crippen LogP) is 1.72.